The number of phenols is 1. The Balaban J connectivity index is 1.59. The van der Waals surface area contributed by atoms with E-state index in [1.165, 1.54) is 12.1 Å². The molecule has 188 valence electrons. The Bertz CT molecular complexity index is 1190. The summed E-state index contributed by atoms with van der Waals surface area (Å²) in [5, 5.41) is 12.6. The lowest BCUT2D eigenvalue weighted by Gasteiger charge is -2.41. The number of carbonyl (C=O) groups excluding carboxylic acids is 2. The highest BCUT2D eigenvalue weighted by atomic mass is 19.1. The summed E-state index contributed by atoms with van der Waals surface area (Å²) in [5.74, 6) is -0.103. The van der Waals surface area contributed by atoms with Crippen LogP contribution in [0.25, 0.3) is 0 Å². The van der Waals surface area contributed by atoms with Gasteiger partial charge in [0.25, 0.3) is 0 Å². The first-order chi connectivity index (χ1) is 17.4. The van der Waals surface area contributed by atoms with E-state index in [1.807, 2.05) is 36.4 Å². The molecule has 4 rings (SSSR count). The van der Waals surface area contributed by atoms with Crippen LogP contribution >= 0.6 is 0 Å². The first-order valence-corrected chi connectivity index (χ1v) is 11.8. The minimum absolute atomic E-state index is 0.0692. The minimum Gasteiger partial charge on any atom is -0.508 e. The molecule has 0 bridgehead atoms. The molecule has 1 heterocycles. The molecular formula is C28H29FN2O5. The lowest BCUT2D eigenvalue weighted by molar-refractivity contribution is -0.129. The fraction of sp³-hybridized carbons (Fsp3) is 0.286. The fourth-order valence-electron chi connectivity index (χ4n) is 4.64. The topological polar surface area (TPSA) is 88.1 Å². The highest BCUT2D eigenvalue weighted by molar-refractivity contribution is 5.97. The second-order valence-electron chi connectivity index (χ2n) is 8.68. The number of nitrogens with zero attached hydrogens (tertiary/aromatic N) is 1. The molecule has 3 aromatic rings. The van der Waals surface area contributed by atoms with E-state index in [-0.39, 0.29) is 30.5 Å². The van der Waals surface area contributed by atoms with Crippen LogP contribution in [0, 0.1) is 11.7 Å². The molecule has 2 atom stereocenters. The van der Waals surface area contributed by atoms with E-state index in [4.69, 9.17) is 9.47 Å². The molecule has 8 heteroatoms. The van der Waals surface area contributed by atoms with Crippen molar-refractivity contribution in [3.63, 3.8) is 0 Å². The maximum Gasteiger partial charge on any atom is 0.227 e. The Kier molecular flexibility index (Phi) is 7.73. The van der Waals surface area contributed by atoms with E-state index in [0.717, 1.165) is 11.6 Å². The van der Waals surface area contributed by atoms with Crippen molar-refractivity contribution in [1.82, 2.24) is 5.32 Å². The van der Waals surface area contributed by atoms with Crippen LogP contribution in [-0.2, 0) is 16.0 Å². The van der Waals surface area contributed by atoms with E-state index < -0.39 is 17.8 Å². The van der Waals surface area contributed by atoms with Gasteiger partial charge in [-0.15, -0.1) is 0 Å². The minimum atomic E-state index is -0.531. The molecule has 0 saturated carbocycles. The van der Waals surface area contributed by atoms with Crippen molar-refractivity contribution in [3.05, 3.63) is 83.7 Å². The Labute approximate surface area is 209 Å². The zero-order chi connectivity index (χ0) is 25.7. The van der Waals surface area contributed by atoms with Gasteiger partial charge >= 0.3 is 0 Å². The smallest absolute Gasteiger partial charge is 0.227 e. The van der Waals surface area contributed by atoms with Gasteiger partial charge < -0.3 is 24.8 Å². The van der Waals surface area contributed by atoms with Gasteiger partial charge in [-0.25, -0.2) is 4.39 Å². The standard InChI is InChI=1S/C28H29FN2O5/c1-35-23-7-3-19(4-8-23)27-25(28(34)30-14-13-18-15-20(29)17-22(32)16-18)11-12-26(33)31(27)21-5-9-24(36-2)10-6-21/h3-10,15-17,25,27,32H,11-14H2,1-2H3,(H,30,34). The van der Waals surface area contributed by atoms with Crippen molar-refractivity contribution < 1.29 is 28.6 Å². The highest BCUT2D eigenvalue weighted by Crippen LogP contribution is 2.41. The molecule has 36 heavy (non-hydrogen) atoms. The number of piperidine rings is 1. The van der Waals surface area contributed by atoms with Gasteiger partial charge in [0.15, 0.2) is 0 Å². The summed E-state index contributed by atoms with van der Waals surface area (Å²) in [6, 6.07) is 17.9. The van der Waals surface area contributed by atoms with Crippen molar-refractivity contribution in [2.24, 2.45) is 5.92 Å². The number of benzene rings is 3. The van der Waals surface area contributed by atoms with Crippen LogP contribution < -0.4 is 19.7 Å². The zero-order valence-corrected chi connectivity index (χ0v) is 20.2. The van der Waals surface area contributed by atoms with Gasteiger partial charge in [-0.3, -0.25) is 9.59 Å². The van der Waals surface area contributed by atoms with Crippen LogP contribution in [-0.4, -0.2) is 37.7 Å². The highest BCUT2D eigenvalue weighted by Gasteiger charge is 2.41. The predicted octanol–water partition coefficient (Wildman–Crippen LogP) is 4.39. The third-order valence-electron chi connectivity index (χ3n) is 6.40. The van der Waals surface area contributed by atoms with Crippen molar-refractivity contribution in [3.8, 4) is 17.2 Å². The summed E-state index contributed by atoms with van der Waals surface area (Å²) in [7, 11) is 3.16. The van der Waals surface area contributed by atoms with E-state index in [9.17, 15) is 19.1 Å². The molecule has 1 aliphatic rings. The van der Waals surface area contributed by atoms with Crippen LogP contribution in [0.15, 0.2) is 66.7 Å². The van der Waals surface area contributed by atoms with E-state index >= 15 is 0 Å². The van der Waals surface area contributed by atoms with Crippen molar-refractivity contribution in [2.45, 2.75) is 25.3 Å². The average molecular weight is 493 g/mol. The number of methoxy groups -OCH3 is 2. The van der Waals surface area contributed by atoms with Gasteiger partial charge in [-0.05, 0) is 72.5 Å². The second kappa shape index (κ2) is 11.1. The number of amides is 2. The SMILES string of the molecule is COc1ccc(C2C(C(=O)NCCc3cc(O)cc(F)c3)CCC(=O)N2c2ccc(OC)cc2)cc1. The monoisotopic (exact) mass is 492 g/mol. The Morgan fingerprint density at radius 3 is 2.28 bits per heavy atom. The molecule has 2 N–H and O–H groups in total. The van der Waals surface area contributed by atoms with Gasteiger partial charge in [0.05, 0.1) is 26.2 Å². The first-order valence-electron chi connectivity index (χ1n) is 11.8. The van der Waals surface area contributed by atoms with E-state index in [0.29, 0.717) is 35.6 Å². The van der Waals surface area contributed by atoms with Crippen molar-refractivity contribution >= 4 is 17.5 Å². The number of hydrogen-bond donors (Lipinski definition) is 2. The summed E-state index contributed by atoms with van der Waals surface area (Å²) in [4.78, 5) is 28.2. The van der Waals surface area contributed by atoms with Crippen molar-refractivity contribution in [1.29, 1.82) is 0 Å². The van der Waals surface area contributed by atoms with Gasteiger partial charge in [-0.2, -0.15) is 0 Å². The number of hydrogen-bond acceptors (Lipinski definition) is 5. The number of aromatic hydroxyl groups is 1. The predicted molar refractivity (Wildman–Crippen MR) is 134 cm³/mol. The lowest BCUT2D eigenvalue weighted by Crippen LogP contribution is -2.48. The number of ether oxygens (including phenoxy) is 2. The summed E-state index contributed by atoms with van der Waals surface area (Å²) in [6.45, 7) is 0.268. The molecule has 0 spiro atoms. The molecule has 0 radical (unpaired) electrons. The average Bonchev–Trinajstić information content (AvgIpc) is 2.88. The van der Waals surface area contributed by atoms with Crippen LogP contribution in [0.2, 0.25) is 0 Å². The summed E-state index contributed by atoms with van der Waals surface area (Å²) in [6.07, 6.45) is 0.988. The van der Waals surface area contributed by atoms with Crippen LogP contribution in [0.5, 0.6) is 17.2 Å². The number of carbonyl (C=O) groups is 2. The Morgan fingerprint density at radius 2 is 1.67 bits per heavy atom. The quantitative estimate of drug-likeness (QED) is 0.487. The normalized spacial score (nSPS) is 17.5. The molecule has 7 nitrogen and oxygen atoms in total. The number of rotatable bonds is 8. The molecule has 2 unspecified atom stereocenters. The number of phenolic OH excluding ortho intramolecular Hbond substituents is 1. The molecule has 1 fully saturated rings. The van der Waals surface area contributed by atoms with Gasteiger partial charge in [0.1, 0.15) is 23.1 Å². The number of nitrogens with one attached hydrogen (secondary N) is 1. The third-order valence-corrected chi connectivity index (χ3v) is 6.40. The second-order valence-corrected chi connectivity index (χ2v) is 8.68. The zero-order valence-electron chi connectivity index (χ0n) is 20.2. The molecule has 0 aliphatic carbocycles. The Morgan fingerprint density at radius 1 is 1.03 bits per heavy atom. The molecule has 1 saturated heterocycles. The van der Waals surface area contributed by atoms with E-state index in [2.05, 4.69) is 5.32 Å². The maximum atomic E-state index is 13.6. The first kappa shape index (κ1) is 25.0. The number of anilines is 1. The van der Waals surface area contributed by atoms with Crippen LogP contribution in [0.3, 0.4) is 0 Å². The fourth-order valence-corrected chi connectivity index (χ4v) is 4.64. The van der Waals surface area contributed by atoms with Gasteiger partial charge in [0.2, 0.25) is 11.8 Å². The lowest BCUT2D eigenvalue weighted by atomic mass is 9.83. The molecule has 0 aromatic heterocycles. The van der Waals surface area contributed by atoms with E-state index in [1.54, 1.807) is 31.3 Å². The summed E-state index contributed by atoms with van der Waals surface area (Å²) in [5.41, 5.74) is 2.07. The molecular weight excluding hydrogens is 463 g/mol. The van der Waals surface area contributed by atoms with Crippen LogP contribution in [0.4, 0.5) is 10.1 Å². The van der Waals surface area contributed by atoms with Gasteiger partial charge in [0, 0.05) is 24.7 Å². The molecule has 2 amide bonds. The van der Waals surface area contributed by atoms with Gasteiger partial charge in [-0.1, -0.05) is 12.1 Å². The summed E-state index contributed by atoms with van der Waals surface area (Å²) >= 11 is 0. The maximum absolute atomic E-state index is 13.6. The molecule has 1 aliphatic heterocycles. The summed E-state index contributed by atoms with van der Waals surface area (Å²) < 4.78 is 24.1. The largest absolute Gasteiger partial charge is 0.508 e. The third kappa shape index (κ3) is 5.59. The number of halogens is 1. The molecule has 3 aromatic carbocycles. The van der Waals surface area contributed by atoms with Crippen molar-refractivity contribution in [2.75, 3.05) is 25.7 Å². The Hall–Kier alpha value is -4.07. The van der Waals surface area contributed by atoms with Crippen LogP contribution in [0.1, 0.15) is 30.0 Å².